The maximum atomic E-state index is 10.8. The predicted octanol–water partition coefficient (Wildman–Crippen LogP) is 1.47. The summed E-state index contributed by atoms with van der Waals surface area (Å²) in [4.78, 5) is 39.9. The molecule has 0 radical (unpaired) electrons. The van der Waals surface area contributed by atoms with Gasteiger partial charge in [-0.25, -0.2) is 0 Å². The van der Waals surface area contributed by atoms with E-state index in [9.17, 15) is 35.1 Å². The summed E-state index contributed by atoms with van der Waals surface area (Å²) in [7, 11) is 0. The van der Waals surface area contributed by atoms with Crippen molar-refractivity contribution in [1.29, 1.82) is 0 Å². The lowest BCUT2D eigenvalue weighted by molar-refractivity contribution is -0.404. The predicted molar refractivity (Wildman–Crippen MR) is 61.9 cm³/mol. The molecule has 0 N–H and O–H groups in total. The number of nitro benzene ring substituents is 3. The fourth-order valence-electron chi connectivity index (χ4n) is 1.38. The summed E-state index contributed by atoms with van der Waals surface area (Å²) >= 11 is 0. The number of non-ortho nitro benzene ring substituents is 1. The second-order valence-corrected chi connectivity index (χ2v) is 3.51. The van der Waals surface area contributed by atoms with Crippen molar-refractivity contribution in [2.24, 2.45) is 0 Å². The van der Waals surface area contributed by atoms with Crippen molar-refractivity contribution in [3.05, 3.63) is 48.0 Å². The zero-order valence-corrected chi connectivity index (χ0v) is 9.97. The highest BCUT2D eigenvalue weighted by atomic mass is 16.6. The van der Waals surface area contributed by atoms with Gasteiger partial charge >= 0.3 is 5.97 Å². The first kappa shape index (κ1) is 14.9. The maximum Gasteiger partial charge on any atom is 0.302 e. The van der Waals surface area contributed by atoms with Gasteiger partial charge in [0.15, 0.2) is 0 Å². The van der Waals surface area contributed by atoms with Crippen molar-refractivity contribution < 1.29 is 24.3 Å². The van der Waals surface area contributed by atoms with Crippen LogP contribution >= 0.6 is 0 Å². The molecule has 0 aliphatic heterocycles. The monoisotopic (exact) mass is 285 g/mol. The molecule has 0 bridgehead atoms. The maximum absolute atomic E-state index is 10.8. The quantitative estimate of drug-likeness (QED) is 0.447. The summed E-state index contributed by atoms with van der Waals surface area (Å²) < 4.78 is 4.49. The van der Waals surface area contributed by atoms with Gasteiger partial charge in [-0.1, -0.05) is 0 Å². The van der Waals surface area contributed by atoms with Crippen LogP contribution in [0.25, 0.3) is 0 Å². The SMILES string of the molecule is CC(=O)OCc1c([N+](=O)[O-])cc([N+](=O)[O-])cc1[N+](=O)[O-]. The molecule has 1 aromatic carbocycles. The highest BCUT2D eigenvalue weighted by Crippen LogP contribution is 2.34. The van der Waals surface area contributed by atoms with Gasteiger partial charge in [0.2, 0.25) is 0 Å². The number of benzene rings is 1. The molecule has 106 valence electrons. The number of rotatable bonds is 5. The Morgan fingerprint density at radius 2 is 1.50 bits per heavy atom. The summed E-state index contributed by atoms with van der Waals surface area (Å²) in [5, 5.41) is 32.3. The van der Waals surface area contributed by atoms with Crippen LogP contribution in [0.1, 0.15) is 12.5 Å². The molecular formula is C9H7N3O8. The molecular weight excluding hydrogens is 278 g/mol. The number of carbonyl (C=O) groups is 1. The second-order valence-electron chi connectivity index (χ2n) is 3.51. The van der Waals surface area contributed by atoms with E-state index < -0.39 is 50.0 Å². The first-order valence-electron chi connectivity index (χ1n) is 4.97. The van der Waals surface area contributed by atoms with Gasteiger partial charge in [0.1, 0.15) is 12.2 Å². The fourth-order valence-corrected chi connectivity index (χ4v) is 1.38. The summed E-state index contributed by atoms with van der Waals surface area (Å²) in [6.45, 7) is 0.295. The minimum absolute atomic E-state index is 0.513. The first-order chi connectivity index (χ1) is 9.23. The first-order valence-corrected chi connectivity index (χ1v) is 4.97. The highest BCUT2D eigenvalue weighted by molar-refractivity contribution is 5.67. The Morgan fingerprint density at radius 1 is 1.05 bits per heavy atom. The summed E-state index contributed by atoms with van der Waals surface area (Å²) in [5.74, 6) is -0.799. The third-order valence-electron chi connectivity index (χ3n) is 2.21. The number of nitro groups is 3. The lowest BCUT2D eigenvalue weighted by atomic mass is 10.1. The Kier molecular flexibility index (Phi) is 4.25. The number of hydrogen-bond donors (Lipinski definition) is 0. The van der Waals surface area contributed by atoms with Crippen molar-refractivity contribution in [2.75, 3.05) is 0 Å². The Labute approximate surface area is 110 Å². The zero-order chi connectivity index (χ0) is 15.4. The second kappa shape index (κ2) is 5.69. The van der Waals surface area contributed by atoms with E-state index >= 15 is 0 Å². The summed E-state index contributed by atoms with van der Waals surface area (Å²) in [6.07, 6.45) is 0. The lowest BCUT2D eigenvalue weighted by Gasteiger charge is -2.04. The smallest absolute Gasteiger partial charge is 0.302 e. The Balaban J connectivity index is 3.50. The summed E-state index contributed by atoms with van der Waals surface area (Å²) in [6, 6.07) is 1.15. The van der Waals surface area contributed by atoms with Gasteiger partial charge in [0.25, 0.3) is 17.1 Å². The number of nitrogens with zero attached hydrogens (tertiary/aromatic N) is 3. The molecule has 0 saturated heterocycles. The molecule has 11 heteroatoms. The van der Waals surface area contributed by atoms with E-state index in [4.69, 9.17) is 0 Å². The summed E-state index contributed by atoms with van der Waals surface area (Å²) in [5.41, 5.74) is -3.02. The van der Waals surface area contributed by atoms with Crippen LogP contribution in [0.15, 0.2) is 12.1 Å². The van der Waals surface area contributed by atoms with E-state index in [1.807, 2.05) is 0 Å². The van der Waals surface area contributed by atoms with Crippen molar-refractivity contribution >= 4 is 23.0 Å². The lowest BCUT2D eigenvalue weighted by Crippen LogP contribution is -2.06. The topological polar surface area (TPSA) is 156 Å². The Bertz CT molecular complexity index is 576. The van der Waals surface area contributed by atoms with Crippen LogP contribution in [0.2, 0.25) is 0 Å². The van der Waals surface area contributed by atoms with Crippen LogP contribution in [0.3, 0.4) is 0 Å². The van der Waals surface area contributed by atoms with Gasteiger partial charge in [-0.05, 0) is 0 Å². The van der Waals surface area contributed by atoms with E-state index in [1.165, 1.54) is 0 Å². The molecule has 0 atom stereocenters. The van der Waals surface area contributed by atoms with Crippen molar-refractivity contribution in [2.45, 2.75) is 13.5 Å². The molecule has 0 heterocycles. The van der Waals surface area contributed by atoms with Crippen molar-refractivity contribution in [3.8, 4) is 0 Å². The molecule has 0 aliphatic carbocycles. The van der Waals surface area contributed by atoms with Crippen LogP contribution in [0.5, 0.6) is 0 Å². The zero-order valence-electron chi connectivity index (χ0n) is 9.97. The van der Waals surface area contributed by atoms with E-state index in [2.05, 4.69) is 4.74 Å². The normalized spacial score (nSPS) is 9.85. The largest absolute Gasteiger partial charge is 0.460 e. The van der Waals surface area contributed by atoms with Crippen LogP contribution in [0.4, 0.5) is 17.1 Å². The molecule has 20 heavy (non-hydrogen) atoms. The number of carbonyl (C=O) groups excluding carboxylic acids is 1. The third kappa shape index (κ3) is 3.22. The molecule has 0 aliphatic rings. The molecule has 0 aromatic heterocycles. The minimum Gasteiger partial charge on any atom is -0.460 e. The van der Waals surface area contributed by atoms with Crippen molar-refractivity contribution in [3.63, 3.8) is 0 Å². The van der Waals surface area contributed by atoms with Gasteiger partial charge in [-0.15, -0.1) is 0 Å². The van der Waals surface area contributed by atoms with Gasteiger partial charge in [0.05, 0.1) is 26.9 Å². The van der Waals surface area contributed by atoms with E-state index in [0.717, 1.165) is 6.92 Å². The molecule has 0 fully saturated rings. The molecule has 1 aromatic rings. The molecule has 0 amide bonds. The van der Waals surface area contributed by atoms with Crippen LogP contribution in [0, 0.1) is 30.3 Å². The average Bonchev–Trinajstić information content (AvgIpc) is 2.34. The molecule has 0 spiro atoms. The fraction of sp³-hybridized carbons (Fsp3) is 0.222. The molecule has 0 saturated carbocycles. The van der Waals surface area contributed by atoms with Gasteiger partial charge in [-0.2, -0.15) is 0 Å². The number of hydrogen-bond acceptors (Lipinski definition) is 8. The van der Waals surface area contributed by atoms with Gasteiger partial charge in [0, 0.05) is 6.92 Å². The Morgan fingerprint density at radius 3 is 1.80 bits per heavy atom. The molecule has 11 nitrogen and oxygen atoms in total. The minimum atomic E-state index is -1.02. The molecule has 0 unspecified atom stereocenters. The van der Waals surface area contributed by atoms with Gasteiger partial charge in [-0.3, -0.25) is 35.1 Å². The standard InChI is InChI=1S/C9H7N3O8/c1-5(13)20-4-7-8(11(16)17)2-6(10(14)15)3-9(7)12(18)19/h2-3H,4H2,1H3. The highest BCUT2D eigenvalue weighted by Gasteiger charge is 2.30. The van der Waals surface area contributed by atoms with E-state index in [1.54, 1.807) is 0 Å². The van der Waals surface area contributed by atoms with E-state index in [0.29, 0.717) is 12.1 Å². The molecule has 1 rings (SSSR count). The van der Waals surface area contributed by atoms with Crippen LogP contribution < -0.4 is 0 Å². The van der Waals surface area contributed by atoms with E-state index in [-0.39, 0.29) is 0 Å². The van der Waals surface area contributed by atoms with Crippen LogP contribution in [-0.2, 0) is 16.1 Å². The Hall–Kier alpha value is -3.11. The average molecular weight is 285 g/mol. The van der Waals surface area contributed by atoms with Crippen LogP contribution in [-0.4, -0.2) is 20.7 Å². The van der Waals surface area contributed by atoms with Gasteiger partial charge < -0.3 is 4.74 Å². The number of ether oxygens (including phenoxy) is 1. The van der Waals surface area contributed by atoms with Crippen molar-refractivity contribution in [1.82, 2.24) is 0 Å². The number of esters is 1. The third-order valence-corrected chi connectivity index (χ3v) is 2.21.